The van der Waals surface area contributed by atoms with E-state index < -0.39 is 0 Å². The normalized spacial score (nSPS) is 10.7. The Labute approximate surface area is 137 Å². The van der Waals surface area contributed by atoms with Crippen molar-refractivity contribution in [2.24, 2.45) is 0 Å². The average molecular weight is 312 g/mol. The molecule has 23 heavy (non-hydrogen) atoms. The Kier molecular flexibility index (Phi) is 5.32. The van der Waals surface area contributed by atoms with E-state index >= 15 is 0 Å². The maximum Gasteiger partial charge on any atom is 0.254 e. The van der Waals surface area contributed by atoms with Gasteiger partial charge < -0.3 is 10.2 Å². The number of nitrogens with zero attached hydrogens (tertiary/aromatic N) is 3. The summed E-state index contributed by atoms with van der Waals surface area (Å²) in [5, 5.41) is 2.92. The van der Waals surface area contributed by atoms with E-state index in [1.54, 1.807) is 6.20 Å². The summed E-state index contributed by atoms with van der Waals surface area (Å²) in [5.41, 5.74) is 3.43. The molecule has 1 amide bonds. The van der Waals surface area contributed by atoms with Gasteiger partial charge in [0.25, 0.3) is 5.91 Å². The number of amides is 1. The second kappa shape index (κ2) is 7.22. The molecule has 2 aromatic rings. The summed E-state index contributed by atoms with van der Waals surface area (Å²) in [5.74, 6) is 0.869. The molecule has 1 N–H and O–H groups in total. The molecule has 122 valence electrons. The van der Waals surface area contributed by atoms with E-state index in [0.717, 1.165) is 17.1 Å². The molecule has 0 aliphatic carbocycles. The summed E-state index contributed by atoms with van der Waals surface area (Å²) in [4.78, 5) is 23.0. The van der Waals surface area contributed by atoms with Gasteiger partial charge in [0.15, 0.2) is 0 Å². The molecule has 0 aliphatic rings. The summed E-state index contributed by atoms with van der Waals surface area (Å²) in [7, 11) is 4.00. The fourth-order valence-corrected chi connectivity index (χ4v) is 2.18. The molecule has 1 heterocycles. The van der Waals surface area contributed by atoms with Crippen molar-refractivity contribution in [1.82, 2.24) is 15.3 Å². The lowest BCUT2D eigenvalue weighted by Crippen LogP contribution is -2.24. The van der Waals surface area contributed by atoms with E-state index in [2.05, 4.69) is 15.3 Å². The van der Waals surface area contributed by atoms with Gasteiger partial charge in [-0.3, -0.25) is 4.79 Å². The first kappa shape index (κ1) is 16.9. The molecule has 0 fully saturated rings. The van der Waals surface area contributed by atoms with Crippen LogP contribution >= 0.6 is 0 Å². The summed E-state index contributed by atoms with van der Waals surface area (Å²) in [6.07, 6.45) is 1.61. The van der Waals surface area contributed by atoms with Crippen LogP contribution in [-0.4, -0.2) is 30.0 Å². The van der Waals surface area contributed by atoms with Crippen LogP contribution in [0.3, 0.4) is 0 Å². The number of benzene rings is 1. The summed E-state index contributed by atoms with van der Waals surface area (Å²) in [6.45, 7) is 6.39. The zero-order valence-electron chi connectivity index (χ0n) is 14.4. The summed E-state index contributed by atoms with van der Waals surface area (Å²) < 4.78 is 0. The maximum atomic E-state index is 12.3. The molecule has 0 radical (unpaired) electrons. The number of anilines is 1. The molecule has 0 saturated heterocycles. The van der Waals surface area contributed by atoms with Crippen molar-refractivity contribution < 1.29 is 4.79 Å². The zero-order chi connectivity index (χ0) is 17.0. The van der Waals surface area contributed by atoms with E-state index in [1.165, 1.54) is 0 Å². The van der Waals surface area contributed by atoms with Gasteiger partial charge in [0.05, 0.1) is 11.3 Å². The highest BCUT2D eigenvalue weighted by Gasteiger charge is 2.12. The largest absolute Gasteiger partial charge is 0.378 e. The predicted octanol–water partition coefficient (Wildman–Crippen LogP) is 2.90. The first-order valence-electron chi connectivity index (χ1n) is 7.76. The minimum atomic E-state index is -0.144. The lowest BCUT2D eigenvalue weighted by Gasteiger charge is -2.13. The fraction of sp³-hybridized carbons (Fsp3) is 0.389. The zero-order valence-corrected chi connectivity index (χ0v) is 14.4. The van der Waals surface area contributed by atoms with Crippen LogP contribution in [0.2, 0.25) is 0 Å². The molecule has 5 nitrogen and oxygen atoms in total. The molecule has 2 rings (SSSR count). The van der Waals surface area contributed by atoms with Gasteiger partial charge >= 0.3 is 0 Å². The summed E-state index contributed by atoms with van der Waals surface area (Å²) >= 11 is 0. The highest BCUT2D eigenvalue weighted by Crippen LogP contribution is 2.13. The second-order valence-electron chi connectivity index (χ2n) is 6.13. The highest BCUT2D eigenvalue weighted by atomic mass is 16.1. The highest BCUT2D eigenvalue weighted by molar-refractivity contribution is 5.94. The van der Waals surface area contributed by atoms with E-state index in [0.29, 0.717) is 17.8 Å². The Morgan fingerprint density at radius 1 is 1.22 bits per heavy atom. The Hall–Kier alpha value is -2.43. The fourth-order valence-electron chi connectivity index (χ4n) is 2.18. The molecule has 1 aromatic heterocycles. The van der Waals surface area contributed by atoms with Crippen LogP contribution in [0.15, 0.2) is 30.5 Å². The van der Waals surface area contributed by atoms with E-state index in [1.807, 2.05) is 64.0 Å². The van der Waals surface area contributed by atoms with Gasteiger partial charge in [0, 0.05) is 38.4 Å². The number of hydrogen-bond donors (Lipinski definition) is 1. The smallest absolute Gasteiger partial charge is 0.254 e. The van der Waals surface area contributed by atoms with Gasteiger partial charge in [-0.2, -0.15) is 0 Å². The van der Waals surface area contributed by atoms with Crippen molar-refractivity contribution >= 4 is 11.6 Å². The van der Waals surface area contributed by atoms with Crippen LogP contribution < -0.4 is 10.2 Å². The third-order valence-corrected chi connectivity index (χ3v) is 3.66. The number of carbonyl (C=O) groups excluding carboxylic acids is 1. The van der Waals surface area contributed by atoms with Gasteiger partial charge in [0.1, 0.15) is 5.82 Å². The van der Waals surface area contributed by atoms with Crippen molar-refractivity contribution in [3.8, 4) is 0 Å². The quantitative estimate of drug-likeness (QED) is 0.922. The van der Waals surface area contributed by atoms with Crippen molar-refractivity contribution in [2.45, 2.75) is 33.2 Å². The first-order valence-corrected chi connectivity index (χ1v) is 7.76. The maximum absolute atomic E-state index is 12.3. The van der Waals surface area contributed by atoms with Crippen LogP contribution in [0, 0.1) is 6.92 Å². The Bertz CT molecular complexity index is 678. The summed E-state index contributed by atoms with van der Waals surface area (Å²) in [6, 6.07) is 8.10. The number of nitrogens with one attached hydrogen (secondary N) is 1. The van der Waals surface area contributed by atoms with Crippen molar-refractivity contribution in [3.63, 3.8) is 0 Å². The molecule has 5 heteroatoms. The molecule has 0 unspecified atom stereocenters. The SMILES string of the molecule is Cc1nc(C(C)C)ncc1C(=O)NCc1ccc(N(C)C)cc1. The van der Waals surface area contributed by atoms with Gasteiger partial charge in [-0.25, -0.2) is 9.97 Å². The second-order valence-corrected chi connectivity index (χ2v) is 6.13. The van der Waals surface area contributed by atoms with E-state index in [-0.39, 0.29) is 11.8 Å². The van der Waals surface area contributed by atoms with Crippen LogP contribution in [0.25, 0.3) is 0 Å². The molecule has 0 aliphatic heterocycles. The molecular weight excluding hydrogens is 288 g/mol. The van der Waals surface area contributed by atoms with Gasteiger partial charge in [0.2, 0.25) is 0 Å². The first-order chi connectivity index (χ1) is 10.9. The standard InChI is InChI=1S/C18H24N4O/c1-12(2)17-19-11-16(13(3)21-17)18(23)20-10-14-6-8-15(9-7-14)22(4)5/h6-9,11-12H,10H2,1-5H3,(H,20,23). The van der Waals surface area contributed by atoms with Gasteiger partial charge in [-0.1, -0.05) is 26.0 Å². The number of rotatable bonds is 5. The minimum Gasteiger partial charge on any atom is -0.378 e. The minimum absolute atomic E-state index is 0.144. The van der Waals surface area contributed by atoms with Crippen LogP contribution in [0.5, 0.6) is 0 Å². The Balaban J connectivity index is 2.02. The van der Waals surface area contributed by atoms with Crippen molar-refractivity contribution in [2.75, 3.05) is 19.0 Å². The Morgan fingerprint density at radius 2 is 1.87 bits per heavy atom. The van der Waals surface area contributed by atoms with E-state index in [9.17, 15) is 4.79 Å². The molecule has 1 aromatic carbocycles. The molecule has 0 bridgehead atoms. The van der Waals surface area contributed by atoms with Crippen molar-refractivity contribution in [1.29, 1.82) is 0 Å². The van der Waals surface area contributed by atoms with Crippen LogP contribution in [0.4, 0.5) is 5.69 Å². The molecule has 0 saturated carbocycles. The third-order valence-electron chi connectivity index (χ3n) is 3.66. The monoisotopic (exact) mass is 312 g/mol. The lowest BCUT2D eigenvalue weighted by molar-refractivity contribution is 0.0949. The molecular formula is C18H24N4O. The number of aromatic nitrogens is 2. The third kappa shape index (κ3) is 4.28. The molecule has 0 atom stereocenters. The Morgan fingerprint density at radius 3 is 2.39 bits per heavy atom. The number of aryl methyl sites for hydroxylation is 1. The predicted molar refractivity (Wildman–Crippen MR) is 92.8 cm³/mol. The average Bonchev–Trinajstić information content (AvgIpc) is 2.52. The number of carbonyl (C=O) groups is 1. The van der Waals surface area contributed by atoms with E-state index in [4.69, 9.17) is 0 Å². The van der Waals surface area contributed by atoms with Gasteiger partial charge in [-0.15, -0.1) is 0 Å². The topological polar surface area (TPSA) is 58.1 Å². The van der Waals surface area contributed by atoms with Crippen molar-refractivity contribution in [3.05, 3.63) is 53.1 Å². The van der Waals surface area contributed by atoms with Crippen LogP contribution in [-0.2, 0) is 6.54 Å². The number of hydrogen-bond acceptors (Lipinski definition) is 4. The molecule has 0 spiro atoms. The lowest BCUT2D eigenvalue weighted by atomic mass is 10.1. The van der Waals surface area contributed by atoms with Gasteiger partial charge in [-0.05, 0) is 24.6 Å². The van der Waals surface area contributed by atoms with Crippen LogP contribution in [0.1, 0.15) is 47.2 Å².